The van der Waals surface area contributed by atoms with E-state index in [1.807, 2.05) is 0 Å². The topological polar surface area (TPSA) is 104 Å². The second-order valence-corrected chi connectivity index (χ2v) is 6.83. The minimum Gasteiger partial charge on any atom is -0.478 e. The van der Waals surface area contributed by atoms with Gasteiger partial charge in [0.2, 0.25) is 10.0 Å². The summed E-state index contributed by atoms with van der Waals surface area (Å²) in [4.78, 5) is 10.9. The lowest BCUT2D eigenvalue weighted by molar-refractivity contribution is 0.0696. The number of hydrogen-bond donors (Lipinski definition) is 3. The Balaban J connectivity index is 3.34. The zero-order valence-electron chi connectivity index (χ0n) is 11.1. The molecule has 0 radical (unpaired) electrons. The fraction of sp³-hybridized carbons (Fsp3) is 0.417. The number of hydrogen-bond acceptors (Lipinski definition) is 4. The Labute approximate surface area is 126 Å². The highest BCUT2D eigenvalue weighted by Gasteiger charge is 2.23. The Kier molecular flexibility index (Phi) is 5.69. The Morgan fingerprint density at radius 3 is 2.50 bits per heavy atom. The van der Waals surface area contributed by atoms with Gasteiger partial charge in [0.25, 0.3) is 0 Å². The van der Waals surface area contributed by atoms with Crippen LogP contribution >= 0.6 is 15.9 Å². The van der Waals surface area contributed by atoms with Gasteiger partial charge >= 0.3 is 5.97 Å². The van der Waals surface area contributed by atoms with Gasteiger partial charge < -0.3 is 10.2 Å². The Bertz CT molecular complexity index is 611. The lowest BCUT2D eigenvalue weighted by Gasteiger charge is -2.16. The molecule has 1 aromatic carbocycles. The van der Waals surface area contributed by atoms with Crippen molar-refractivity contribution in [1.29, 1.82) is 0 Å². The predicted octanol–water partition coefficient (Wildman–Crippen LogP) is 1.50. The summed E-state index contributed by atoms with van der Waals surface area (Å²) in [5.41, 5.74) is 0.287. The van der Waals surface area contributed by atoms with Crippen molar-refractivity contribution < 1.29 is 23.4 Å². The van der Waals surface area contributed by atoms with Crippen LogP contribution in [0.25, 0.3) is 0 Å². The van der Waals surface area contributed by atoms with Gasteiger partial charge in [0.1, 0.15) is 0 Å². The summed E-state index contributed by atoms with van der Waals surface area (Å²) < 4.78 is 27.3. The second-order valence-electron chi connectivity index (χ2n) is 4.30. The summed E-state index contributed by atoms with van der Waals surface area (Å²) in [5, 5.41) is 18.1. The molecule has 0 aromatic heterocycles. The van der Waals surface area contributed by atoms with Crippen molar-refractivity contribution in [3.05, 3.63) is 27.7 Å². The van der Waals surface area contributed by atoms with Crippen LogP contribution in [0.5, 0.6) is 0 Å². The number of aliphatic hydroxyl groups excluding tert-OH is 1. The normalized spacial score (nSPS) is 13.2. The standard InChI is InChI=1S/C12H16BrNO5S/c1-3-9(6-15)14-20(18,19)11-5-8(12(16)17)4-10(13)7(11)2/h4-5,9,14-15H,3,6H2,1-2H3,(H,16,17)/t9-/m1/s1. The van der Waals surface area contributed by atoms with E-state index in [4.69, 9.17) is 10.2 Å². The molecule has 3 N–H and O–H groups in total. The lowest BCUT2D eigenvalue weighted by atomic mass is 10.1. The van der Waals surface area contributed by atoms with E-state index >= 15 is 0 Å². The largest absolute Gasteiger partial charge is 0.478 e. The Hall–Kier alpha value is -0.960. The van der Waals surface area contributed by atoms with Crippen LogP contribution in [0.15, 0.2) is 21.5 Å². The minimum atomic E-state index is -3.90. The molecular weight excluding hydrogens is 350 g/mol. The SMILES string of the molecule is CC[C@H](CO)NS(=O)(=O)c1cc(C(=O)O)cc(Br)c1C. The fourth-order valence-corrected chi connectivity index (χ4v) is 3.78. The molecule has 6 nitrogen and oxygen atoms in total. The van der Waals surface area contributed by atoms with Crippen molar-refractivity contribution >= 4 is 31.9 Å². The van der Waals surface area contributed by atoms with E-state index in [-0.39, 0.29) is 17.1 Å². The van der Waals surface area contributed by atoms with Gasteiger partial charge in [-0.1, -0.05) is 22.9 Å². The van der Waals surface area contributed by atoms with Gasteiger partial charge in [-0.25, -0.2) is 17.9 Å². The molecule has 20 heavy (non-hydrogen) atoms. The van der Waals surface area contributed by atoms with Crippen molar-refractivity contribution in [1.82, 2.24) is 4.72 Å². The highest BCUT2D eigenvalue weighted by molar-refractivity contribution is 9.10. The number of sulfonamides is 1. The summed E-state index contributed by atoms with van der Waals surface area (Å²) in [7, 11) is -3.90. The van der Waals surface area contributed by atoms with Gasteiger partial charge in [0.05, 0.1) is 17.1 Å². The zero-order valence-corrected chi connectivity index (χ0v) is 13.5. The Morgan fingerprint density at radius 1 is 1.45 bits per heavy atom. The number of carbonyl (C=O) groups is 1. The van der Waals surface area contributed by atoms with Crippen LogP contribution in [0.4, 0.5) is 0 Å². The van der Waals surface area contributed by atoms with Crippen LogP contribution in [-0.2, 0) is 10.0 Å². The van der Waals surface area contributed by atoms with E-state index in [1.54, 1.807) is 13.8 Å². The molecule has 0 aliphatic rings. The van der Waals surface area contributed by atoms with E-state index in [0.29, 0.717) is 16.5 Å². The van der Waals surface area contributed by atoms with Gasteiger partial charge in [0, 0.05) is 10.5 Å². The molecule has 0 aliphatic heterocycles. The zero-order chi connectivity index (χ0) is 15.5. The third-order valence-corrected chi connectivity index (χ3v) is 5.34. The maximum absolute atomic E-state index is 12.3. The Morgan fingerprint density at radius 2 is 2.05 bits per heavy atom. The smallest absolute Gasteiger partial charge is 0.335 e. The molecule has 0 unspecified atom stereocenters. The van der Waals surface area contributed by atoms with Crippen molar-refractivity contribution in [2.24, 2.45) is 0 Å². The molecule has 0 fully saturated rings. The number of carboxylic acid groups (broad SMARTS) is 1. The first-order valence-corrected chi connectivity index (χ1v) is 8.17. The molecule has 1 rings (SSSR count). The molecule has 112 valence electrons. The number of aromatic carboxylic acids is 1. The van der Waals surface area contributed by atoms with E-state index in [9.17, 15) is 13.2 Å². The molecule has 1 aromatic rings. The first-order chi connectivity index (χ1) is 9.22. The van der Waals surface area contributed by atoms with Crippen molar-refractivity contribution in [2.75, 3.05) is 6.61 Å². The highest BCUT2D eigenvalue weighted by atomic mass is 79.9. The number of benzene rings is 1. The van der Waals surface area contributed by atoms with Crippen LogP contribution in [0.3, 0.4) is 0 Å². The van der Waals surface area contributed by atoms with Gasteiger partial charge in [-0.15, -0.1) is 0 Å². The molecule has 0 spiro atoms. The van der Waals surface area contributed by atoms with E-state index in [2.05, 4.69) is 20.7 Å². The van der Waals surface area contributed by atoms with Gasteiger partial charge in [-0.05, 0) is 31.0 Å². The van der Waals surface area contributed by atoms with Crippen molar-refractivity contribution in [2.45, 2.75) is 31.2 Å². The lowest BCUT2D eigenvalue weighted by Crippen LogP contribution is -2.37. The fourth-order valence-electron chi connectivity index (χ4n) is 1.59. The first-order valence-electron chi connectivity index (χ1n) is 5.89. The minimum absolute atomic E-state index is 0.115. The maximum Gasteiger partial charge on any atom is 0.335 e. The van der Waals surface area contributed by atoms with Crippen LogP contribution in [0.1, 0.15) is 29.3 Å². The third-order valence-electron chi connectivity index (χ3n) is 2.87. The summed E-state index contributed by atoms with van der Waals surface area (Å²) in [6, 6.07) is 1.85. The summed E-state index contributed by atoms with van der Waals surface area (Å²) in [6.45, 7) is 2.98. The molecule has 0 aliphatic carbocycles. The molecule has 1 atom stereocenters. The number of carboxylic acids is 1. The summed E-state index contributed by atoms with van der Waals surface area (Å²) in [6.07, 6.45) is 0.425. The average molecular weight is 366 g/mol. The van der Waals surface area contributed by atoms with E-state index in [0.717, 1.165) is 6.07 Å². The number of nitrogens with one attached hydrogen (secondary N) is 1. The first kappa shape index (κ1) is 17.1. The van der Waals surface area contributed by atoms with Crippen molar-refractivity contribution in [3.63, 3.8) is 0 Å². The molecule has 0 amide bonds. The van der Waals surface area contributed by atoms with E-state index in [1.165, 1.54) is 6.07 Å². The monoisotopic (exact) mass is 365 g/mol. The third kappa shape index (κ3) is 3.78. The maximum atomic E-state index is 12.3. The van der Waals surface area contributed by atoms with Crippen LogP contribution in [-0.4, -0.2) is 37.2 Å². The molecule has 0 saturated heterocycles. The quantitative estimate of drug-likeness (QED) is 0.708. The van der Waals surface area contributed by atoms with Crippen molar-refractivity contribution in [3.8, 4) is 0 Å². The highest BCUT2D eigenvalue weighted by Crippen LogP contribution is 2.26. The summed E-state index contributed by atoms with van der Waals surface area (Å²) >= 11 is 3.15. The second kappa shape index (κ2) is 6.66. The molecule has 0 bridgehead atoms. The molecule has 0 heterocycles. The number of halogens is 1. The van der Waals surface area contributed by atoms with Crippen LogP contribution in [0.2, 0.25) is 0 Å². The molecule has 0 saturated carbocycles. The van der Waals surface area contributed by atoms with Crippen LogP contribution < -0.4 is 4.72 Å². The molecule has 8 heteroatoms. The molecular formula is C12H16BrNO5S. The van der Waals surface area contributed by atoms with Gasteiger partial charge in [-0.3, -0.25) is 0 Å². The average Bonchev–Trinajstić information content (AvgIpc) is 2.38. The number of aliphatic hydroxyl groups is 1. The van der Waals surface area contributed by atoms with Gasteiger partial charge in [-0.2, -0.15) is 0 Å². The van der Waals surface area contributed by atoms with E-state index < -0.39 is 22.0 Å². The van der Waals surface area contributed by atoms with Crippen LogP contribution in [0, 0.1) is 6.92 Å². The number of rotatable bonds is 6. The summed E-state index contributed by atoms with van der Waals surface area (Å²) in [5.74, 6) is -1.21. The van der Waals surface area contributed by atoms with Gasteiger partial charge in [0.15, 0.2) is 0 Å². The predicted molar refractivity (Wildman–Crippen MR) is 77.3 cm³/mol.